The molecular weight excluding hydrogens is 456 g/mol. The number of furan rings is 1. The fourth-order valence-corrected chi connectivity index (χ4v) is 4.34. The third-order valence-corrected chi connectivity index (χ3v) is 6.56. The summed E-state index contributed by atoms with van der Waals surface area (Å²) < 4.78 is 5.11. The lowest BCUT2D eigenvalue weighted by atomic mass is 10.1. The van der Waals surface area contributed by atoms with Gasteiger partial charge in [-0.15, -0.1) is 11.8 Å². The Hall–Kier alpha value is -3.48. The topological polar surface area (TPSA) is 71.3 Å². The van der Waals surface area contributed by atoms with Gasteiger partial charge in [0.15, 0.2) is 5.76 Å². The Bertz CT molecular complexity index is 1240. The van der Waals surface area contributed by atoms with Gasteiger partial charge in [-0.1, -0.05) is 48.0 Å². The van der Waals surface area contributed by atoms with E-state index >= 15 is 0 Å². The van der Waals surface area contributed by atoms with Gasteiger partial charge in [0.2, 0.25) is 5.91 Å². The van der Waals surface area contributed by atoms with Crippen molar-refractivity contribution in [2.75, 3.05) is 10.6 Å². The SMILES string of the molecule is Cc1ccc(NC(=O)C(Sc2ccc(NC(=O)c3ccco3)cc2)c2ccccc2)cc1Cl. The molecule has 1 aromatic heterocycles. The van der Waals surface area contributed by atoms with E-state index in [4.69, 9.17) is 16.0 Å². The van der Waals surface area contributed by atoms with E-state index in [1.54, 1.807) is 30.3 Å². The van der Waals surface area contributed by atoms with Gasteiger partial charge < -0.3 is 15.1 Å². The van der Waals surface area contributed by atoms with Crippen molar-refractivity contribution >= 4 is 46.6 Å². The van der Waals surface area contributed by atoms with E-state index in [-0.39, 0.29) is 17.6 Å². The van der Waals surface area contributed by atoms with Gasteiger partial charge >= 0.3 is 0 Å². The summed E-state index contributed by atoms with van der Waals surface area (Å²) in [5, 5.41) is 5.88. The maximum Gasteiger partial charge on any atom is 0.291 e. The third-order valence-electron chi connectivity index (χ3n) is 4.89. The first-order chi connectivity index (χ1) is 16.0. The zero-order valence-corrected chi connectivity index (χ0v) is 19.3. The van der Waals surface area contributed by atoms with Gasteiger partial charge in [-0.05, 0) is 66.6 Å². The number of amides is 2. The molecule has 0 bridgehead atoms. The summed E-state index contributed by atoms with van der Waals surface area (Å²) in [4.78, 5) is 26.3. The summed E-state index contributed by atoms with van der Waals surface area (Å²) in [7, 11) is 0. The lowest BCUT2D eigenvalue weighted by Gasteiger charge is -2.18. The summed E-state index contributed by atoms with van der Waals surface area (Å²) in [5.41, 5.74) is 3.11. The molecular formula is C26H21ClN2O3S. The molecule has 0 aliphatic carbocycles. The zero-order valence-electron chi connectivity index (χ0n) is 17.7. The first kappa shape index (κ1) is 22.7. The molecule has 1 unspecified atom stereocenters. The van der Waals surface area contributed by atoms with Crippen LogP contribution in [0.25, 0.3) is 0 Å². The number of carbonyl (C=O) groups is 2. The molecule has 0 spiro atoms. The van der Waals surface area contributed by atoms with Crippen LogP contribution in [0.15, 0.2) is 101 Å². The van der Waals surface area contributed by atoms with Crippen molar-refractivity contribution in [3.05, 3.63) is 113 Å². The number of anilines is 2. The molecule has 7 heteroatoms. The fraction of sp³-hybridized carbons (Fsp3) is 0.0769. The van der Waals surface area contributed by atoms with E-state index in [2.05, 4.69) is 10.6 Å². The summed E-state index contributed by atoms with van der Waals surface area (Å²) in [5.74, 6) is -0.231. The average Bonchev–Trinajstić information content (AvgIpc) is 3.37. The van der Waals surface area contributed by atoms with E-state index in [1.165, 1.54) is 18.0 Å². The smallest absolute Gasteiger partial charge is 0.291 e. The van der Waals surface area contributed by atoms with Crippen molar-refractivity contribution in [2.45, 2.75) is 17.1 Å². The number of halogens is 1. The third kappa shape index (κ3) is 5.86. The Balaban J connectivity index is 1.50. The van der Waals surface area contributed by atoms with Crippen molar-refractivity contribution in [1.29, 1.82) is 0 Å². The van der Waals surface area contributed by atoms with Crippen LogP contribution >= 0.6 is 23.4 Å². The predicted molar refractivity (Wildman–Crippen MR) is 133 cm³/mol. The van der Waals surface area contributed by atoms with Crippen LogP contribution in [0, 0.1) is 6.92 Å². The number of nitrogens with one attached hydrogen (secondary N) is 2. The second-order valence-electron chi connectivity index (χ2n) is 7.32. The van der Waals surface area contributed by atoms with Crippen molar-refractivity contribution in [1.82, 2.24) is 0 Å². The number of rotatable bonds is 7. The van der Waals surface area contributed by atoms with Crippen LogP contribution < -0.4 is 10.6 Å². The first-order valence-electron chi connectivity index (χ1n) is 10.2. The Morgan fingerprint density at radius 2 is 1.61 bits per heavy atom. The lowest BCUT2D eigenvalue weighted by Crippen LogP contribution is -2.19. The minimum absolute atomic E-state index is 0.152. The van der Waals surface area contributed by atoms with Crippen LogP contribution in [0.4, 0.5) is 11.4 Å². The van der Waals surface area contributed by atoms with Crippen LogP contribution in [0.5, 0.6) is 0 Å². The molecule has 1 heterocycles. The largest absolute Gasteiger partial charge is 0.459 e. The minimum atomic E-state index is -0.477. The van der Waals surface area contributed by atoms with Gasteiger partial charge in [-0.2, -0.15) is 0 Å². The normalized spacial score (nSPS) is 11.6. The highest BCUT2D eigenvalue weighted by molar-refractivity contribution is 8.00. The maximum absolute atomic E-state index is 13.2. The number of carbonyl (C=O) groups excluding carboxylic acids is 2. The molecule has 0 saturated carbocycles. The number of thioether (sulfide) groups is 1. The van der Waals surface area contributed by atoms with Crippen LogP contribution in [0.2, 0.25) is 5.02 Å². The molecule has 4 rings (SSSR count). The lowest BCUT2D eigenvalue weighted by molar-refractivity contribution is -0.115. The van der Waals surface area contributed by atoms with E-state index in [0.717, 1.165) is 16.0 Å². The highest BCUT2D eigenvalue weighted by Crippen LogP contribution is 2.37. The highest BCUT2D eigenvalue weighted by Gasteiger charge is 2.22. The van der Waals surface area contributed by atoms with Gasteiger partial charge in [0.05, 0.1) is 6.26 Å². The number of aryl methyl sites for hydroxylation is 1. The van der Waals surface area contributed by atoms with Crippen LogP contribution in [0.1, 0.15) is 26.9 Å². The van der Waals surface area contributed by atoms with E-state index in [0.29, 0.717) is 16.4 Å². The molecule has 2 N–H and O–H groups in total. The molecule has 2 amide bonds. The Kier molecular flexibility index (Phi) is 7.17. The Labute approximate surface area is 201 Å². The minimum Gasteiger partial charge on any atom is -0.459 e. The zero-order chi connectivity index (χ0) is 23.2. The Morgan fingerprint density at radius 3 is 2.27 bits per heavy atom. The second-order valence-corrected chi connectivity index (χ2v) is 8.90. The number of hydrogen-bond acceptors (Lipinski definition) is 4. The van der Waals surface area contributed by atoms with Crippen molar-refractivity contribution in [3.8, 4) is 0 Å². The van der Waals surface area contributed by atoms with Crippen molar-refractivity contribution < 1.29 is 14.0 Å². The summed E-state index contributed by atoms with van der Waals surface area (Å²) in [6.07, 6.45) is 1.45. The van der Waals surface area contributed by atoms with Crippen molar-refractivity contribution in [2.24, 2.45) is 0 Å². The Morgan fingerprint density at radius 1 is 0.879 bits per heavy atom. The highest BCUT2D eigenvalue weighted by atomic mass is 35.5. The first-order valence-corrected chi connectivity index (χ1v) is 11.5. The molecule has 166 valence electrons. The van der Waals surface area contributed by atoms with Crippen LogP contribution in [-0.4, -0.2) is 11.8 Å². The predicted octanol–water partition coefficient (Wildman–Crippen LogP) is 6.97. The molecule has 0 fully saturated rings. The van der Waals surface area contributed by atoms with Gasteiger partial charge in [-0.25, -0.2) is 0 Å². The van der Waals surface area contributed by atoms with E-state index in [1.807, 2.05) is 61.5 Å². The molecule has 4 aromatic rings. The van der Waals surface area contributed by atoms with Gasteiger partial charge in [0.1, 0.15) is 5.25 Å². The summed E-state index contributed by atoms with van der Waals surface area (Å²) >= 11 is 7.64. The molecule has 0 radical (unpaired) electrons. The fourth-order valence-electron chi connectivity index (χ4n) is 3.13. The monoisotopic (exact) mass is 476 g/mol. The molecule has 5 nitrogen and oxygen atoms in total. The molecule has 33 heavy (non-hydrogen) atoms. The van der Waals surface area contributed by atoms with Crippen molar-refractivity contribution in [3.63, 3.8) is 0 Å². The van der Waals surface area contributed by atoms with Crippen LogP contribution in [0.3, 0.4) is 0 Å². The van der Waals surface area contributed by atoms with Gasteiger partial charge in [0, 0.05) is 21.3 Å². The molecule has 0 aliphatic rings. The molecule has 0 saturated heterocycles. The summed E-state index contributed by atoms with van der Waals surface area (Å²) in [6, 6.07) is 25.6. The van der Waals surface area contributed by atoms with E-state index < -0.39 is 5.25 Å². The van der Waals surface area contributed by atoms with Crippen LogP contribution in [-0.2, 0) is 4.79 Å². The summed E-state index contributed by atoms with van der Waals surface area (Å²) in [6.45, 7) is 1.91. The van der Waals surface area contributed by atoms with E-state index in [9.17, 15) is 9.59 Å². The second kappa shape index (κ2) is 10.4. The number of benzene rings is 3. The molecule has 0 aliphatic heterocycles. The molecule has 1 atom stereocenters. The number of hydrogen-bond donors (Lipinski definition) is 2. The average molecular weight is 477 g/mol. The molecule has 3 aromatic carbocycles. The quantitative estimate of drug-likeness (QED) is 0.283. The standard InChI is InChI=1S/C26H21ClN2O3S/c1-17-9-10-20(16-22(17)27)29-26(31)24(18-6-3-2-4-7-18)33-21-13-11-19(12-14-21)28-25(30)23-8-5-15-32-23/h2-16,24H,1H3,(H,28,30)(H,29,31). The van der Waals surface area contributed by atoms with Gasteiger partial charge in [0.25, 0.3) is 5.91 Å². The van der Waals surface area contributed by atoms with Gasteiger partial charge in [-0.3, -0.25) is 9.59 Å². The maximum atomic E-state index is 13.2.